The van der Waals surface area contributed by atoms with Crippen LogP contribution >= 0.6 is 0 Å². The van der Waals surface area contributed by atoms with E-state index in [2.05, 4.69) is 10.2 Å². The second-order valence-electron chi connectivity index (χ2n) is 5.42. The number of nitrogens with zero attached hydrogens (tertiary/aromatic N) is 1. The standard InChI is InChI=1S/C16H24N2O/c1-14-7-6-8-15(13-14)17-16(19)9-12-18-10-4-2-3-5-11-18/h6-8,13H,2-5,9-12H2,1H3,(H,17,19). The summed E-state index contributed by atoms with van der Waals surface area (Å²) in [6.45, 7) is 5.22. The lowest BCUT2D eigenvalue weighted by atomic mass is 10.2. The van der Waals surface area contributed by atoms with Crippen LogP contribution in [-0.2, 0) is 4.79 Å². The van der Waals surface area contributed by atoms with Crippen molar-refractivity contribution in [3.8, 4) is 0 Å². The highest BCUT2D eigenvalue weighted by Gasteiger charge is 2.10. The van der Waals surface area contributed by atoms with Crippen molar-refractivity contribution < 1.29 is 4.79 Å². The number of benzene rings is 1. The molecule has 0 spiro atoms. The Morgan fingerprint density at radius 1 is 1.21 bits per heavy atom. The number of hydrogen-bond acceptors (Lipinski definition) is 2. The van der Waals surface area contributed by atoms with E-state index in [-0.39, 0.29) is 5.91 Å². The van der Waals surface area contributed by atoms with E-state index in [1.807, 2.05) is 31.2 Å². The molecule has 2 rings (SSSR count). The van der Waals surface area contributed by atoms with E-state index in [0.29, 0.717) is 6.42 Å². The average Bonchev–Trinajstić information content (AvgIpc) is 2.65. The monoisotopic (exact) mass is 260 g/mol. The highest BCUT2D eigenvalue weighted by Crippen LogP contribution is 2.12. The predicted octanol–water partition coefficient (Wildman–Crippen LogP) is 3.20. The molecule has 0 atom stereocenters. The second-order valence-corrected chi connectivity index (χ2v) is 5.42. The van der Waals surface area contributed by atoms with E-state index in [4.69, 9.17) is 0 Å². The van der Waals surface area contributed by atoms with Gasteiger partial charge in [-0.15, -0.1) is 0 Å². The summed E-state index contributed by atoms with van der Waals surface area (Å²) >= 11 is 0. The normalized spacial score (nSPS) is 16.9. The Morgan fingerprint density at radius 2 is 1.95 bits per heavy atom. The molecule has 1 aliphatic heterocycles. The van der Waals surface area contributed by atoms with Crippen LogP contribution in [0.2, 0.25) is 0 Å². The molecule has 1 saturated heterocycles. The minimum absolute atomic E-state index is 0.120. The number of rotatable bonds is 4. The average molecular weight is 260 g/mol. The van der Waals surface area contributed by atoms with Gasteiger partial charge in [-0.1, -0.05) is 25.0 Å². The fourth-order valence-corrected chi connectivity index (χ4v) is 2.57. The minimum Gasteiger partial charge on any atom is -0.326 e. The Balaban J connectivity index is 1.75. The van der Waals surface area contributed by atoms with E-state index < -0.39 is 0 Å². The van der Waals surface area contributed by atoms with E-state index >= 15 is 0 Å². The molecule has 0 aromatic heterocycles. The quantitative estimate of drug-likeness (QED) is 0.901. The Bertz CT molecular complexity index is 409. The lowest BCUT2D eigenvalue weighted by Crippen LogP contribution is -2.28. The van der Waals surface area contributed by atoms with E-state index in [1.165, 1.54) is 31.2 Å². The van der Waals surface area contributed by atoms with E-state index in [1.54, 1.807) is 0 Å². The number of aryl methyl sites for hydroxylation is 1. The van der Waals surface area contributed by atoms with Crippen LogP contribution in [0.25, 0.3) is 0 Å². The van der Waals surface area contributed by atoms with Crippen molar-refractivity contribution in [2.24, 2.45) is 0 Å². The first kappa shape index (κ1) is 14.1. The molecule has 0 bridgehead atoms. The molecule has 1 N–H and O–H groups in total. The van der Waals surface area contributed by atoms with Gasteiger partial charge in [-0.25, -0.2) is 0 Å². The van der Waals surface area contributed by atoms with E-state index in [9.17, 15) is 4.79 Å². The zero-order valence-corrected chi connectivity index (χ0v) is 11.8. The van der Waals surface area contributed by atoms with Crippen LogP contribution in [0.5, 0.6) is 0 Å². The molecule has 1 aliphatic rings. The molecule has 0 aliphatic carbocycles. The highest BCUT2D eigenvalue weighted by atomic mass is 16.1. The van der Waals surface area contributed by atoms with Gasteiger partial charge in [0.05, 0.1) is 0 Å². The second kappa shape index (κ2) is 7.29. The zero-order valence-electron chi connectivity index (χ0n) is 11.8. The van der Waals surface area contributed by atoms with Gasteiger partial charge in [0.15, 0.2) is 0 Å². The summed E-state index contributed by atoms with van der Waals surface area (Å²) in [7, 11) is 0. The molecular weight excluding hydrogens is 236 g/mol. The van der Waals surface area contributed by atoms with Crippen LogP contribution in [-0.4, -0.2) is 30.4 Å². The van der Waals surface area contributed by atoms with Gasteiger partial charge in [-0.2, -0.15) is 0 Å². The molecule has 1 heterocycles. The van der Waals surface area contributed by atoms with Crippen LogP contribution in [0.3, 0.4) is 0 Å². The van der Waals surface area contributed by atoms with Crippen LogP contribution in [0.15, 0.2) is 24.3 Å². The van der Waals surface area contributed by atoms with Gasteiger partial charge in [0.1, 0.15) is 0 Å². The number of carbonyl (C=O) groups excluding carboxylic acids is 1. The molecule has 1 aromatic carbocycles. The first-order chi connectivity index (χ1) is 9.24. The Labute approximate surface area is 116 Å². The molecule has 3 heteroatoms. The number of nitrogens with one attached hydrogen (secondary N) is 1. The maximum absolute atomic E-state index is 11.9. The first-order valence-electron chi connectivity index (χ1n) is 7.33. The summed E-state index contributed by atoms with van der Waals surface area (Å²) in [5.74, 6) is 0.120. The summed E-state index contributed by atoms with van der Waals surface area (Å²) < 4.78 is 0. The predicted molar refractivity (Wildman–Crippen MR) is 79.3 cm³/mol. The lowest BCUT2D eigenvalue weighted by Gasteiger charge is -2.19. The van der Waals surface area contributed by atoms with Gasteiger partial charge in [0, 0.05) is 18.7 Å². The number of carbonyl (C=O) groups is 1. The van der Waals surface area contributed by atoms with Gasteiger partial charge in [-0.05, 0) is 50.6 Å². The van der Waals surface area contributed by atoms with Gasteiger partial charge in [0.25, 0.3) is 0 Å². The Morgan fingerprint density at radius 3 is 2.63 bits per heavy atom. The van der Waals surface area contributed by atoms with Crippen molar-refractivity contribution in [1.29, 1.82) is 0 Å². The third-order valence-electron chi connectivity index (χ3n) is 3.66. The lowest BCUT2D eigenvalue weighted by molar-refractivity contribution is -0.116. The molecule has 0 unspecified atom stereocenters. The molecule has 0 radical (unpaired) electrons. The molecule has 3 nitrogen and oxygen atoms in total. The SMILES string of the molecule is Cc1cccc(NC(=O)CCN2CCCCCC2)c1. The number of amides is 1. The van der Waals surface area contributed by atoms with Gasteiger partial charge < -0.3 is 10.2 Å². The van der Waals surface area contributed by atoms with Crippen LogP contribution < -0.4 is 5.32 Å². The molecule has 104 valence electrons. The van der Waals surface area contributed by atoms with Crippen molar-refractivity contribution >= 4 is 11.6 Å². The Hall–Kier alpha value is -1.35. The topological polar surface area (TPSA) is 32.3 Å². The van der Waals surface area contributed by atoms with E-state index in [0.717, 1.165) is 25.3 Å². The van der Waals surface area contributed by atoms with Gasteiger partial charge >= 0.3 is 0 Å². The molecule has 19 heavy (non-hydrogen) atoms. The summed E-state index contributed by atoms with van der Waals surface area (Å²) in [6, 6.07) is 7.95. The largest absolute Gasteiger partial charge is 0.326 e. The highest BCUT2D eigenvalue weighted by molar-refractivity contribution is 5.90. The molecule has 1 aromatic rings. The molecular formula is C16H24N2O. The summed E-state index contributed by atoms with van der Waals surface area (Å²) in [4.78, 5) is 14.3. The van der Waals surface area contributed by atoms with Gasteiger partial charge in [0.2, 0.25) is 5.91 Å². The van der Waals surface area contributed by atoms with Crippen molar-refractivity contribution in [1.82, 2.24) is 4.90 Å². The fourth-order valence-electron chi connectivity index (χ4n) is 2.57. The van der Waals surface area contributed by atoms with Crippen LogP contribution in [0.1, 0.15) is 37.7 Å². The third kappa shape index (κ3) is 5.03. The number of anilines is 1. The molecule has 1 amide bonds. The maximum atomic E-state index is 11.9. The van der Waals surface area contributed by atoms with Crippen LogP contribution in [0.4, 0.5) is 5.69 Å². The molecule has 1 fully saturated rings. The summed E-state index contributed by atoms with van der Waals surface area (Å²) in [6.07, 6.45) is 5.82. The maximum Gasteiger partial charge on any atom is 0.225 e. The fraction of sp³-hybridized carbons (Fsp3) is 0.562. The minimum atomic E-state index is 0.120. The zero-order chi connectivity index (χ0) is 13.5. The van der Waals surface area contributed by atoms with Crippen molar-refractivity contribution in [3.05, 3.63) is 29.8 Å². The first-order valence-corrected chi connectivity index (χ1v) is 7.33. The van der Waals surface area contributed by atoms with Crippen molar-refractivity contribution in [2.75, 3.05) is 25.0 Å². The number of hydrogen-bond donors (Lipinski definition) is 1. The van der Waals surface area contributed by atoms with Gasteiger partial charge in [-0.3, -0.25) is 4.79 Å². The summed E-state index contributed by atoms with van der Waals surface area (Å²) in [5.41, 5.74) is 2.08. The molecule has 0 saturated carbocycles. The van der Waals surface area contributed by atoms with Crippen LogP contribution in [0, 0.1) is 6.92 Å². The van der Waals surface area contributed by atoms with Crippen molar-refractivity contribution in [2.45, 2.75) is 39.0 Å². The summed E-state index contributed by atoms with van der Waals surface area (Å²) in [5, 5.41) is 2.97. The third-order valence-corrected chi connectivity index (χ3v) is 3.66. The Kier molecular flexibility index (Phi) is 5.40. The number of likely N-dealkylation sites (tertiary alicyclic amines) is 1. The smallest absolute Gasteiger partial charge is 0.225 e. The van der Waals surface area contributed by atoms with Crippen molar-refractivity contribution in [3.63, 3.8) is 0 Å².